The first kappa shape index (κ1) is 47.0. The second-order valence-electron chi connectivity index (χ2n) is 17.9. The zero-order valence-corrected chi connectivity index (χ0v) is 38.4. The Kier molecular flexibility index (Phi) is 14.0. The highest BCUT2D eigenvalue weighted by Gasteiger charge is 2.37. The summed E-state index contributed by atoms with van der Waals surface area (Å²) in [5.41, 5.74) is 8.14. The van der Waals surface area contributed by atoms with E-state index in [-0.39, 0.29) is 35.6 Å². The Morgan fingerprint density at radius 3 is 2.08 bits per heavy atom. The summed E-state index contributed by atoms with van der Waals surface area (Å²) in [6.45, 7) is 24.2. The molecule has 0 aliphatic carbocycles. The maximum absolute atomic E-state index is 14.5. The molecule has 8 bridgehead atoms. The lowest BCUT2D eigenvalue weighted by atomic mass is 9.84. The number of allylic oxidation sites excluding steroid dienone is 1. The van der Waals surface area contributed by atoms with Crippen LogP contribution in [0.5, 0.6) is 0 Å². The molecule has 0 fully saturated rings. The van der Waals surface area contributed by atoms with Crippen molar-refractivity contribution in [1.82, 2.24) is 25.3 Å². The standard InChI is InChI=1S/C48H61N5O9/c1-15-28-24(3)32-20-34-26(5)30(17-18-40(55)59-13)43(52-34)31(19-39(54)51-38(45(57)62-48(10,11)12)23-41(56)61-47(7,8)9)44-42(46(58)60-14)27(6)35(53-44)22-37-29(16-2)25(4)33(50-37)21-36(28)49-32/h15,20-22,26,30,38,49-50H,1,16-19,23H2,2-14H3,(H,51,54)/t26-,30-,38-/m0/s1. The molecular weight excluding hydrogens is 791 g/mol. The number of methoxy groups -OCH3 is 2. The number of carbonyl (C=O) groups is 5. The second kappa shape index (κ2) is 18.5. The Balaban J connectivity index is 1.88. The molecule has 5 rings (SSSR count). The van der Waals surface area contributed by atoms with Crippen LogP contribution in [0.25, 0.3) is 39.3 Å². The molecule has 14 heteroatoms. The molecule has 0 saturated carbocycles. The van der Waals surface area contributed by atoms with Crippen molar-refractivity contribution in [3.63, 3.8) is 0 Å². The van der Waals surface area contributed by atoms with E-state index in [9.17, 15) is 24.0 Å². The minimum Gasteiger partial charge on any atom is -0.469 e. The van der Waals surface area contributed by atoms with Gasteiger partial charge in [0.05, 0.1) is 49.7 Å². The van der Waals surface area contributed by atoms with E-state index < -0.39 is 65.8 Å². The summed E-state index contributed by atoms with van der Waals surface area (Å²) < 4.78 is 21.6. The average Bonchev–Trinajstić information content (AvgIpc) is 3.86. The maximum atomic E-state index is 14.5. The van der Waals surface area contributed by atoms with Gasteiger partial charge in [-0.05, 0) is 116 Å². The van der Waals surface area contributed by atoms with Crippen LogP contribution in [0, 0.1) is 13.8 Å². The predicted octanol–water partition coefficient (Wildman–Crippen LogP) is 8.18. The van der Waals surface area contributed by atoms with Gasteiger partial charge in [-0.1, -0.05) is 26.5 Å². The third kappa shape index (κ3) is 10.3. The molecule has 5 heterocycles. The van der Waals surface area contributed by atoms with Crippen LogP contribution in [0.15, 0.2) is 24.8 Å². The first-order valence-corrected chi connectivity index (χ1v) is 21.0. The number of hydrogen-bond acceptors (Lipinski definition) is 11. The van der Waals surface area contributed by atoms with Gasteiger partial charge in [-0.15, -0.1) is 0 Å². The largest absolute Gasteiger partial charge is 0.469 e. The molecule has 0 spiro atoms. The van der Waals surface area contributed by atoms with Gasteiger partial charge in [-0.2, -0.15) is 0 Å². The smallest absolute Gasteiger partial charge is 0.340 e. The second-order valence-corrected chi connectivity index (χ2v) is 17.9. The fraction of sp³-hybridized carbons (Fsp3) is 0.479. The van der Waals surface area contributed by atoms with Crippen LogP contribution < -0.4 is 5.32 Å². The van der Waals surface area contributed by atoms with E-state index >= 15 is 0 Å². The molecule has 1 amide bonds. The van der Waals surface area contributed by atoms with Crippen molar-refractivity contribution in [3.8, 4) is 0 Å². The van der Waals surface area contributed by atoms with Crippen LogP contribution in [0.2, 0.25) is 0 Å². The molecule has 14 nitrogen and oxygen atoms in total. The van der Waals surface area contributed by atoms with Gasteiger partial charge in [0.15, 0.2) is 0 Å². The normalized spacial score (nSPS) is 15.8. The lowest BCUT2D eigenvalue weighted by Gasteiger charge is -2.26. The van der Waals surface area contributed by atoms with E-state index in [1.54, 1.807) is 48.5 Å². The van der Waals surface area contributed by atoms with Crippen molar-refractivity contribution in [2.75, 3.05) is 14.2 Å². The van der Waals surface area contributed by atoms with Crippen molar-refractivity contribution in [2.24, 2.45) is 0 Å². The minimum absolute atomic E-state index is 0.0412. The van der Waals surface area contributed by atoms with Crippen molar-refractivity contribution in [3.05, 3.63) is 75.4 Å². The summed E-state index contributed by atoms with van der Waals surface area (Å²) in [4.78, 5) is 85.3. The van der Waals surface area contributed by atoms with Crippen molar-refractivity contribution in [1.29, 1.82) is 0 Å². The highest BCUT2D eigenvalue weighted by Crippen LogP contribution is 2.44. The van der Waals surface area contributed by atoms with E-state index in [0.29, 0.717) is 29.1 Å². The average molecular weight is 852 g/mol. The van der Waals surface area contributed by atoms with E-state index in [4.69, 9.17) is 28.9 Å². The van der Waals surface area contributed by atoms with Gasteiger partial charge < -0.3 is 34.2 Å². The Morgan fingerprint density at radius 2 is 1.48 bits per heavy atom. The van der Waals surface area contributed by atoms with Gasteiger partial charge in [0, 0.05) is 57.1 Å². The van der Waals surface area contributed by atoms with E-state index in [1.807, 2.05) is 32.1 Å². The molecule has 3 N–H and O–H groups in total. The fourth-order valence-electron chi connectivity index (χ4n) is 8.08. The number of H-pyrrole nitrogens is 2. The molecule has 0 radical (unpaired) electrons. The summed E-state index contributed by atoms with van der Waals surface area (Å²) in [5.74, 6) is -4.08. The highest BCUT2D eigenvalue weighted by atomic mass is 16.6. The number of fused-ring (bicyclic) bond motifs is 8. The molecular formula is C48H61N5O9. The number of nitrogens with zero attached hydrogens (tertiary/aromatic N) is 2. The molecule has 0 unspecified atom stereocenters. The topological polar surface area (TPSA) is 192 Å². The van der Waals surface area contributed by atoms with Crippen LogP contribution in [0.1, 0.15) is 144 Å². The number of rotatable bonds is 12. The Morgan fingerprint density at radius 1 is 0.839 bits per heavy atom. The Labute approximate surface area is 363 Å². The number of aryl methyl sites for hydroxylation is 3. The first-order valence-electron chi connectivity index (χ1n) is 21.0. The molecule has 0 saturated heterocycles. The molecule has 2 aliphatic heterocycles. The SMILES string of the molecule is C=Cc1c(C)c2cc3nc(c(CC(=O)N[C@@H](CC(=O)OC(C)(C)C)C(=O)OC(C)(C)C)c4nc(cc5[nH]c(cc1[nH]2)c(C)c5CC)C(C)=C4C(=O)OC)[C@@H](CCC(=O)OC)[C@@H]3C. The summed E-state index contributed by atoms with van der Waals surface area (Å²) in [6, 6.07) is 4.48. The van der Waals surface area contributed by atoms with Gasteiger partial charge in [0.1, 0.15) is 17.2 Å². The monoisotopic (exact) mass is 851 g/mol. The lowest BCUT2D eigenvalue weighted by molar-refractivity contribution is -0.165. The van der Waals surface area contributed by atoms with Gasteiger partial charge >= 0.3 is 23.9 Å². The fourth-order valence-corrected chi connectivity index (χ4v) is 8.08. The number of ether oxygens (including phenoxy) is 4. The number of carbonyl (C=O) groups excluding carboxylic acids is 5. The molecule has 0 aromatic carbocycles. The molecule has 332 valence electrons. The number of aromatic nitrogens is 4. The molecule has 3 atom stereocenters. The zero-order chi connectivity index (χ0) is 46.0. The van der Waals surface area contributed by atoms with Gasteiger partial charge in [0.25, 0.3) is 0 Å². The number of nitrogens with one attached hydrogen (secondary N) is 3. The van der Waals surface area contributed by atoms with E-state index in [0.717, 1.165) is 44.3 Å². The van der Waals surface area contributed by atoms with Crippen LogP contribution in [-0.4, -0.2) is 81.2 Å². The number of aromatic amines is 2. The van der Waals surface area contributed by atoms with Gasteiger partial charge in [-0.25, -0.2) is 14.6 Å². The summed E-state index contributed by atoms with van der Waals surface area (Å²) in [5, 5.41) is 2.73. The third-order valence-corrected chi connectivity index (χ3v) is 11.2. The van der Waals surface area contributed by atoms with Crippen LogP contribution >= 0.6 is 0 Å². The maximum Gasteiger partial charge on any atom is 0.340 e. The predicted molar refractivity (Wildman–Crippen MR) is 239 cm³/mol. The number of esters is 4. The third-order valence-electron chi connectivity index (χ3n) is 11.2. The van der Waals surface area contributed by atoms with Crippen LogP contribution in [-0.2, 0) is 55.8 Å². The summed E-state index contributed by atoms with van der Waals surface area (Å²) in [6.07, 6.45) is 1.90. The van der Waals surface area contributed by atoms with Crippen molar-refractivity contribution < 1.29 is 42.9 Å². The zero-order valence-electron chi connectivity index (χ0n) is 38.4. The summed E-state index contributed by atoms with van der Waals surface area (Å²) in [7, 11) is 2.60. The van der Waals surface area contributed by atoms with Gasteiger partial charge in [0.2, 0.25) is 5.91 Å². The number of amides is 1. The Hall–Kier alpha value is -6.05. The molecule has 3 aromatic rings. The first-order chi connectivity index (χ1) is 29.0. The number of hydrogen-bond donors (Lipinski definition) is 3. The molecule has 2 aliphatic rings. The van der Waals surface area contributed by atoms with Crippen molar-refractivity contribution in [2.45, 2.75) is 137 Å². The highest BCUT2D eigenvalue weighted by molar-refractivity contribution is 6.25. The summed E-state index contributed by atoms with van der Waals surface area (Å²) >= 11 is 0. The minimum atomic E-state index is -1.42. The van der Waals surface area contributed by atoms with Gasteiger partial charge in [-0.3, -0.25) is 19.4 Å². The van der Waals surface area contributed by atoms with Crippen LogP contribution in [0.4, 0.5) is 0 Å². The lowest BCUT2D eigenvalue weighted by Crippen LogP contribution is -2.46. The molecule has 62 heavy (non-hydrogen) atoms. The van der Waals surface area contributed by atoms with E-state index in [1.165, 1.54) is 14.2 Å². The molecule has 3 aromatic heterocycles. The van der Waals surface area contributed by atoms with Crippen molar-refractivity contribution >= 4 is 69.1 Å². The quantitative estimate of drug-likeness (QED) is 0.118. The van der Waals surface area contributed by atoms with Crippen LogP contribution in [0.3, 0.4) is 0 Å². The van der Waals surface area contributed by atoms with E-state index in [2.05, 4.69) is 41.8 Å². The Bertz CT molecular complexity index is 2510.